The lowest BCUT2D eigenvalue weighted by Crippen LogP contribution is -2.05. The van der Waals surface area contributed by atoms with Gasteiger partial charge < -0.3 is 9.47 Å². The largest absolute Gasteiger partial charge is 0.489 e. The molecule has 6 nitrogen and oxygen atoms in total. The zero-order valence-corrected chi connectivity index (χ0v) is 14.7. The van der Waals surface area contributed by atoms with Crippen molar-refractivity contribution in [1.82, 2.24) is 0 Å². The van der Waals surface area contributed by atoms with Gasteiger partial charge in [0.05, 0.1) is 10.5 Å². The number of hydrogen-bond donors (Lipinski definition) is 0. The van der Waals surface area contributed by atoms with Crippen LogP contribution in [0.25, 0.3) is 0 Å². The average molecular weight is 381 g/mol. The second-order valence-electron chi connectivity index (χ2n) is 5.94. The molecule has 0 aliphatic rings. The number of nitro groups is 1. The van der Waals surface area contributed by atoms with Gasteiger partial charge in [0.25, 0.3) is 5.69 Å². The van der Waals surface area contributed by atoms with Crippen molar-refractivity contribution in [2.75, 3.05) is 0 Å². The van der Waals surface area contributed by atoms with Crippen molar-refractivity contribution >= 4 is 11.7 Å². The molecule has 0 aliphatic heterocycles. The van der Waals surface area contributed by atoms with E-state index in [1.807, 2.05) is 0 Å². The molecule has 0 unspecified atom stereocenters. The monoisotopic (exact) mass is 381 g/mol. The molecule has 0 amide bonds. The van der Waals surface area contributed by atoms with E-state index in [1.165, 1.54) is 36.4 Å². The third-order valence-corrected chi connectivity index (χ3v) is 3.90. The van der Waals surface area contributed by atoms with Crippen molar-refractivity contribution in [3.05, 3.63) is 105 Å². The topological polar surface area (TPSA) is 78.7 Å². The third-order valence-electron chi connectivity index (χ3n) is 3.90. The van der Waals surface area contributed by atoms with E-state index < -0.39 is 10.9 Å². The standard InChI is InChI=1S/C21H16FNO5/c22-18-8-4-15(5-9-18)13-27-20-10-6-16(7-11-20)14-28-21(24)17-2-1-3-19(12-17)23(25)26/h1-12H,13-14H2. The molecule has 3 aromatic carbocycles. The molecule has 0 heterocycles. The van der Waals surface area contributed by atoms with Crippen molar-refractivity contribution in [2.24, 2.45) is 0 Å². The molecule has 0 radical (unpaired) electrons. The van der Waals surface area contributed by atoms with E-state index in [2.05, 4.69) is 0 Å². The van der Waals surface area contributed by atoms with Crippen molar-refractivity contribution in [3.8, 4) is 5.75 Å². The van der Waals surface area contributed by atoms with Gasteiger partial charge in [0, 0.05) is 12.1 Å². The van der Waals surface area contributed by atoms with Gasteiger partial charge in [0.2, 0.25) is 0 Å². The Morgan fingerprint density at radius 3 is 2.25 bits per heavy atom. The van der Waals surface area contributed by atoms with E-state index in [1.54, 1.807) is 36.4 Å². The van der Waals surface area contributed by atoms with Crippen LogP contribution in [0.5, 0.6) is 5.75 Å². The summed E-state index contributed by atoms with van der Waals surface area (Å²) < 4.78 is 23.7. The van der Waals surface area contributed by atoms with Crippen molar-refractivity contribution < 1.29 is 23.6 Å². The van der Waals surface area contributed by atoms with Crippen LogP contribution in [-0.2, 0) is 18.0 Å². The van der Waals surface area contributed by atoms with Gasteiger partial charge >= 0.3 is 5.97 Å². The van der Waals surface area contributed by atoms with E-state index >= 15 is 0 Å². The molecule has 7 heteroatoms. The number of halogens is 1. The van der Waals surface area contributed by atoms with Crippen LogP contribution in [0, 0.1) is 15.9 Å². The fourth-order valence-electron chi connectivity index (χ4n) is 2.41. The fraction of sp³-hybridized carbons (Fsp3) is 0.0952. The number of carbonyl (C=O) groups excluding carboxylic acids is 1. The van der Waals surface area contributed by atoms with Gasteiger partial charge in [-0.25, -0.2) is 9.18 Å². The van der Waals surface area contributed by atoms with Crippen LogP contribution in [0.3, 0.4) is 0 Å². The minimum Gasteiger partial charge on any atom is -0.489 e. The molecule has 0 atom stereocenters. The highest BCUT2D eigenvalue weighted by Crippen LogP contribution is 2.17. The summed E-state index contributed by atoms with van der Waals surface area (Å²) in [6.45, 7) is 0.334. The number of nitro benzene ring substituents is 1. The highest BCUT2D eigenvalue weighted by molar-refractivity contribution is 5.90. The number of carbonyl (C=O) groups is 1. The van der Waals surface area contributed by atoms with E-state index in [4.69, 9.17) is 9.47 Å². The normalized spacial score (nSPS) is 10.3. The number of benzene rings is 3. The summed E-state index contributed by atoms with van der Waals surface area (Å²) in [6, 6.07) is 18.4. The minimum atomic E-state index is -0.639. The van der Waals surface area contributed by atoms with Crippen molar-refractivity contribution in [1.29, 1.82) is 0 Å². The zero-order chi connectivity index (χ0) is 19.9. The molecule has 28 heavy (non-hydrogen) atoms. The summed E-state index contributed by atoms with van der Waals surface area (Å²) in [5.41, 5.74) is 1.54. The number of esters is 1. The predicted octanol–water partition coefficient (Wildman–Crippen LogP) is 4.67. The number of non-ortho nitro benzene ring substituents is 1. The predicted molar refractivity (Wildman–Crippen MR) is 99.4 cm³/mol. The summed E-state index contributed by atoms with van der Waals surface area (Å²) in [5, 5.41) is 10.8. The number of rotatable bonds is 7. The molecule has 0 aliphatic carbocycles. The molecule has 3 aromatic rings. The second kappa shape index (κ2) is 8.77. The van der Waals surface area contributed by atoms with Crippen LogP contribution in [-0.4, -0.2) is 10.9 Å². The lowest BCUT2D eigenvalue weighted by atomic mass is 10.2. The number of hydrogen-bond acceptors (Lipinski definition) is 5. The molecule has 0 aromatic heterocycles. The van der Waals surface area contributed by atoms with Gasteiger partial charge in [-0.15, -0.1) is 0 Å². The first-order valence-electron chi connectivity index (χ1n) is 8.39. The molecule has 0 spiro atoms. The molecular formula is C21H16FNO5. The smallest absolute Gasteiger partial charge is 0.338 e. The highest BCUT2D eigenvalue weighted by Gasteiger charge is 2.12. The third kappa shape index (κ3) is 5.14. The summed E-state index contributed by atoms with van der Waals surface area (Å²) in [6.07, 6.45) is 0. The quantitative estimate of drug-likeness (QED) is 0.338. The fourth-order valence-corrected chi connectivity index (χ4v) is 2.41. The Kier molecular flexibility index (Phi) is 5.96. The zero-order valence-electron chi connectivity index (χ0n) is 14.7. The first-order chi connectivity index (χ1) is 13.5. The lowest BCUT2D eigenvalue weighted by Gasteiger charge is -2.08. The van der Waals surface area contributed by atoms with Gasteiger partial charge in [-0.1, -0.05) is 30.3 Å². The molecule has 142 valence electrons. The average Bonchev–Trinajstić information content (AvgIpc) is 2.72. The van der Waals surface area contributed by atoms with Gasteiger partial charge in [0.1, 0.15) is 24.8 Å². The Hall–Kier alpha value is -3.74. The highest BCUT2D eigenvalue weighted by atomic mass is 19.1. The Labute approximate surface area is 160 Å². The first-order valence-corrected chi connectivity index (χ1v) is 8.39. The Bertz CT molecular complexity index is 971. The molecule has 3 rings (SSSR count). The van der Waals surface area contributed by atoms with Gasteiger partial charge in [-0.2, -0.15) is 0 Å². The summed E-state index contributed by atoms with van der Waals surface area (Å²) >= 11 is 0. The Morgan fingerprint density at radius 2 is 1.57 bits per heavy atom. The second-order valence-corrected chi connectivity index (χ2v) is 5.94. The van der Waals surface area contributed by atoms with Crippen LogP contribution in [0.4, 0.5) is 10.1 Å². The van der Waals surface area contributed by atoms with Crippen molar-refractivity contribution in [3.63, 3.8) is 0 Å². The minimum absolute atomic E-state index is 0.0275. The summed E-state index contributed by atoms with van der Waals surface area (Å²) in [4.78, 5) is 22.2. The van der Waals surface area contributed by atoms with Crippen molar-refractivity contribution in [2.45, 2.75) is 13.2 Å². The molecule has 0 fully saturated rings. The van der Waals surface area contributed by atoms with E-state index in [-0.39, 0.29) is 23.7 Å². The maximum absolute atomic E-state index is 12.9. The maximum Gasteiger partial charge on any atom is 0.338 e. The summed E-state index contributed by atoms with van der Waals surface area (Å²) in [7, 11) is 0. The molecule has 0 N–H and O–H groups in total. The molecule has 0 saturated carbocycles. The van der Waals surface area contributed by atoms with Gasteiger partial charge in [0.15, 0.2) is 0 Å². The van der Waals surface area contributed by atoms with Gasteiger partial charge in [-0.05, 0) is 41.5 Å². The maximum atomic E-state index is 12.9. The van der Waals surface area contributed by atoms with Crippen LogP contribution in [0.15, 0.2) is 72.8 Å². The van der Waals surface area contributed by atoms with Crippen LogP contribution in [0.2, 0.25) is 0 Å². The lowest BCUT2D eigenvalue weighted by molar-refractivity contribution is -0.384. The van der Waals surface area contributed by atoms with Crippen LogP contribution >= 0.6 is 0 Å². The Morgan fingerprint density at radius 1 is 0.929 bits per heavy atom. The number of nitrogens with zero attached hydrogens (tertiary/aromatic N) is 1. The SMILES string of the molecule is O=C(OCc1ccc(OCc2ccc(F)cc2)cc1)c1cccc([N+](=O)[O-])c1. The Balaban J connectivity index is 1.52. The first kappa shape index (κ1) is 19.0. The molecule has 0 saturated heterocycles. The van der Waals surface area contributed by atoms with E-state index in [0.29, 0.717) is 12.4 Å². The van der Waals surface area contributed by atoms with E-state index in [9.17, 15) is 19.3 Å². The van der Waals surface area contributed by atoms with E-state index in [0.717, 1.165) is 11.1 Å². The number of ether oxygens (including phenoxy) is 2. The molecular weight excluding hydrogens is 365 g/mol. The molecule has 0 bridgehead atoms. The van der Waals surface area contributed by atoms with Crippen LogP contribution in [0.1, 0.15) is 21.5 Å². The summed E-state index contributed by atoms with van der Waals surface area (Å²) in [5.74, 6) is -0.314. The van der Waals surface area contributed by atoms with Gasteiger partial charge in [-0.3, -0.25) is 10.1 Å². The van der Waals surface area contributed by atoms with Crippen LogP contribution < -0.4 is 4.74 Å².